The van der Waals surface area contributed by atoms with E-state index in [1.807, 2.05) is 51.4 Å². The molecular formula is C99H122Br2I2N20O21Si. The van der Waals surface area contributed by atoms with E-state index in [-0.39, 0.29) is 29.5 Å². The first kappa shape index (κ1) is 117. The average Bonchev–Trinajstić information content (AvgIpc) is 1.61. The lowest BCUT2D eigenvalue weighted by atomic mass is 9.92. The predicted octanol–water partition coefficient (Wildman–Crippen LogP) is 19.1. The van der Waals surface area contributed by atoms with Gasteiger partial charge in [-0.05, 0) is 164 Å². The summed E-state index contributed by atoms with van der Waals surface area (Å²) in [6.45, 7) is 21.3. The van der Waals surface area contributed by atoms with Crippen molar-refractivity contribution in [1.82, 2.24) is 79.6 Å². The van der Waals surface area contributed by atoms with Crippen molar-refractivity contribution in [2.75, 3.05) is 99.3 Å². The van der Waals surface area contributed by atoms with E-state index < -0.39 is 55.9 Å². The van der Waals surface area contributed by atoms with Crippen LogP contribution in [0.5, 0.6) is 51.7 Å². The lowest BCUT2D eigenvalue weighted by Gasteiger charge is -2.28. The molecule has 14 aromatic heterocycles. The number of H-pyrrole nitrogens is 3. The molecule has 0 radical (unpaired) electrons. The number of rotatable bonds is 17. The summed E-state index contributed by atoms with van der Waals surface area (Å²) in [5.41, 5.74) is 23.3. The molecular weight excluding hydrogens is 2250 g/mol. The molecule has 0 aliphatic heterocycles. The van der Waals surface area contributed by atoms with E-state index in [1.165, 1.54) is 42.9 Å². The van der Waals surface area contributed by atoms with Crippen LogP contribution in [0.2, 0.25) is 19.6 Å². The number of halogens is 4. The Bertz CT molecular complexity index is 6740. The molecule has 0 unspecified atom stereocenters. The van der Waals surface area contributed by atoms with Crippen molar-refractivity contribution in [2.45, 2.75) is 162 Å². The highest BCUT2D eigenvalue weighted by molar-refractivity contribution is 14.1. The molecule has 0 spiro atoms. The van der Waals surface area contributed by atoms with Crippen molar-refractivity contribution < 1.29 is 101 Å². The van der Waals surface area contributed by atoms with Crippen LogP contribution in [-0.2, 0) is 18.9 Å². The van der Waals surface area contributed by atoms with Crippen LogP contribution in [0.15, 0.2) is 163 Å². The summed E-state index contributed by atoms with van der Waals surface area (Å²) in [5.74, 6) is 8.08. The topological polar surface area (TPSA) is 536 Å². The van der Waals surface area contributed by atoms with E-state index >= 15 is 0 Å². The van der Waals surface area contributed by atoms with Gasteiger partial charge in [-0.2, -0.15) is 0 Å². The number of hydrogen-bond acceptors (Lipinski definition) is 32. The summed E-state index contributed by atoms with van der Waals surface area (Å²) >= 11 is 10.7. The smallest absolute Gasteiger partial charge is 0.419 e. The van der Waals surface area contributed by atoms with Crippen molar-refractivity contribution in [3.05, 3.63) is 187 Å². The third-order valence-electron chi connectivity index (χ3n) is 20.5. The molecule has 2 aliphatic rings. The van der Waals surface area contributed by atoms with E-state index in [2.05, 4.69) is 189 Å². The Hall–Kier alpha value is -13.6. The first-order valence-corrected chi connectivity index (χ1v) is 52.5. The highest BCUT2D eigenvalue weighted by Crippen LogP contribution is 2.36. The van der Waals surface area contributed by atoms with E-state index in [9.17, 15) is 39.0 Å². The highest BCUT2D eigenvalue weighted by Gasteiger charge is 2.32. The van der Waals surface area contributed by atoms with Crippen molar-refractivity contribution >= 4 is 199 Å². The molecule has 4 atom stereocenters. The maximum Gasteiger partial charge on any atom is 0.419 e. The van der Waals surface area contributed by atoms with Gasteiger partial charge in [-0.1, -0.05) is 51.2 Å². The van der Waals surface area contributed by atoms with Gasteiger partial charge in [0.05, 0.1) is 137 Å². The monoisotopic (exact) mass is 2370 g/mol. The molecule has 0 aromatic carbocycles. The second-order valence-corrected chi connectivity index (χ2v) is 42.6. The normalized spacial score (nSPS) is 13.9. The summed E-state index contributed by atoms with van der Waals surface area (Å²) in [4.78, 5) is 119. The van der Waals surface area contributed by atoms with Crippen molar-refractivity contribution in [2.24, 2.45) is 0 Å². The number of ether oxygens (including phenoxy) is 13. The largest absolute Gasteiger partial charge is 0.494 e. The molecule has 0 saturated heterocycles. The van der Waals surface area contributed by atoms with Crippen molar-refractivity contribution in [3.63, 3.8) is 0 Å². The van der Waals surface area contributed by atoms with E-state index in [4.69, 9.17) is 73.0 Å². The number of fused-ring (bicyclic) bond motifs is 5. The fourth-order valence-electron chi connectivity index (χ4n) is 13.8. The van der Waals surface area contributed by atoms with Crippen LogP contribution in [0, 0.1) is 18.6 Å². The van der Waals surface area contributed by atoms with Gasteiger partial charge in [0, 0.05) is 141 Å². The lowest BCUT2D eigenvalue weighted by Crippen LogP contribution is -2.45. The standard InChI is InChI=1S/C20H27N3O5.C15H19N3O3.C14H20N2O3Si.C13H15IN2O3.C9H11BrN2O3.C8H7IN2O.C8H8N2O.C6H7BrN2O.C6H8N2O/c1-20(2,3)28-19(26)23-11-12(16-17(23)15(27-4)9-10-21-16)18(25)22-13-7-5-6-8-14(13)24;1-21-12-6-7-16-13-9(8-17-14(12)13)15(20)18-10-4-2-3-5-11(10)19;1-6-19-14(17)16-13-11(8-10-20(3,4)5)15-9-7-12(13)18-2;1-13(2,3)19-12(17)16-7-8(14)10-11(16)9(18-4)5-6-15-10;1-3-15-9(13)12-7-6(14-2)4-5-11-8(7)10;1-12-6-2-3-10-7-5(9)4-11-8(6)7;1-11-7-3-5-9-6-2-4-10-8(6)7;1-10-4-2-3-9-6(7)5(4)8;1-9-6-2-3-8-4-5(6)7/h9-11,13-14,24H,5-8H2,1-4H3,(H,22,25);6-8,10-11,17,19H,2-5H2,1H3,(H,18,20);7,9H,6H2,1-5H3,(H,16,17);5-7H,1-4H3;4-5H,3H2,1-2H3,(H,12,13);2-4,11H,1H3;2-5,10H,1H3;2-3H,8H2,1H3;2-4H,7H2,1H3/t13-,14-;10-,11-;;;;;;;/m00......./s1. The SMILES string of the molecule is CCOC(=O)Nc1c(OC)ccnc1Br.CCOC(=O)Nc1c(OC)ccnc1C#C[Si](C)(C)C.COc1ccnc(Br)c1N.COc1ccnc2c(C(=O)N[C@H]3CCCC[C@@H]3O)c[nH]c12.COc1ccnc2c(C(=O)N[C@H]3CCCC[C@@H]3O)cn(C(=O)OC(C)(C)C)c12.COc1ccnc2c(I)c[nH]c12.COc1ccnc2c(I)cn(C(=O)OC(C)(C)C)c12.COc1ccnc2cc[nH]c12.COc1ccncc1N. The number of amides is 4. The Balaban J connectivity index is 0.000000203. The number of methoxy groups -OCH3 is 9. The molecule has 16 rings (SSSR count). The number of nitrogens with zero attached hydrogens (tertiary/aromatic N) is 11. The minimum atomic E-state index is -1.53. The molecule has 776 valence electrons. The van der Waals surface area contributed by atoms with Crippen LogP contribution in [0.3, 0.4) is 0 Å². The van der Waals surface area contributed by atoms with Crippen LogP contribution in [0.25, 0.3) is 55.2 Å². The van der Waals surface area contributed by atoms with Crippen LogP contribution in [-0.4, -0.2) is 236 Å². The quantitative estimate of drug-likeness (QED) is 0.0133. The second-order valence-electron chi connectivity index (χ2n) is 34.0. The molecule has 13 N–H and O–H groups in total. The summed E-state index contributed by atoms with van der Waals surface area (Å²) in [5, 5.41) is 31.1. The zero-order valence-corrected chi connectivity index (χ0v) is 92.5. The van der Waals surface area contributed by atoms with Gasteiger partial charge < -0.3 is 109 Å². The van der Waals surface area contributed by atoms with Crippen LogP contribution in [0.1, 0.15) is 133 Å². The van der Waals surface area contributed by atoms with Crippen molar-refractivity contribution in [3.8, 4) is 63.2 Å². The number of nitrogen functional groups attached to an aromatic ring is 2. The average molecular weight is 2370 g/mol. The molecule has 14 aromatic rings. The number of carbonyl (C=O) groups excluding carboxylic acids is 6. The number of pyridine rings is 9. The molecule has 41 nitrogen and oxygen atoms in total. The minimum Gasteiger partial charge on any atom is -0.494 e. The van der Waals surface area contributed by atoms with Gasteiger partial charge in [0.1, 0.15) is 153 Å². The Labute approximate surface area is 883 Å². The van der Waals surface area contributed by atoms with Crippen LogP contribution in [0.4, 0.5) is 41.9 Å². The number of nitrogens with two attached hydrogens (primary N) is 2. The number of nitrogens with one attached hydrogen (secondary N) is 7. The Morgan fingerprint density at radius 3 is 1.38 bits per heavy atom. The zero-order chi connectivity index (χ0) is 106. The number of carbonyl (C=O) groups is 6. The summed E-state index contributed by atoms with van der Waals surface area (Å²) < 4.78 is 72.5. The van der Waals surface area contributed by atoms with Gasteiger partial charge in [-0.15, -0.1) is 5.54 Å². The molecule has 2 saturated carbocycles. The predicted molar refractivity (Wildman–Crippen MR) is 580 cm³/mol. The number of aromatic nitrogens is 14. The zero-order valence-electron chi connectivity index (χ0n) is 84.1. The number of aromatic amines is 3. The maximum absolute atomic E-state index is 12.9. The highest BCUT2D eigenvalue weighted by atomic mass is 127. The van der Waals surface area contributed by atoms with Crippen LogP contribution >= 0.6 is 77.0 Å². The third kappa shape index (κ3) is 34.0. The first-order chi connectivity index (χ1) is 69.1. The first-order valence-electron chi connectivity index (χ1n) is 45.2. The van der Waals surface area contributed by atoms with E-state index in [0.717, 1.165) is 84.7 Å². The molecule has 14 heterocycles. The Morgan fingerprint density at radius 2 is 0.883 bits per heavy atom. The van der Waals surface area contributed by atoms with Crippen LogP contribution < -0.4 is 75.4 Å². The van der Waals surface area contributed by atoms with Gasteiger partial charge >= 0.3 is 24.4 Å². The van der Waals surface area contributed by atoms with E-state index in [1.54, 1.807) is 188 Å². The minimum absolute atomic E-state index is 0.179. The summed E-state index contributed by atoms with van der Waals surface area (Å²) in [6.07, 6.45) is 28.5. The summed E-state index contributed by atoms with van der Waals surface area (Å²) in [6, 6.07) is 16.9. The van der Waals surface area contributed by atoms with Gasteiger partial charge in [0.2, 0.25) is 0 Å². The van der Waals surface area contributed by atoms with E-state index in [0.29, 0.717) is 137 Å². The maximum atomic E-state index is 12.9. The van der Waals surface area contributed by atoms with Gasteiger partial charge in [-0.3, -0.25) is 50.1 Å². The van der Waals surface area contributed by atoms with Crippen molar-refractivity contribution in [1.29, 1.82) is 0 Å². The van der Waals surface area contributed by atoms with Gasteiger partial charge in [-0.25, -0.2) is 43.3 Å². The number of aliphatic hydroxyl groups is 2. The number of hydrogen-bond donors (Lipinski definition) is 11. The fraction of sp³-hybridized carbons (Fsp3) is 0.364. The molecule has 46 heteroatoms. The Kier molecular flexibility index (Phi) is 45.5. The van der Waals surface area contributed by atoms with Gasteiger partial charge in [0.15, 0.2) is 0 Å². The third-order valence-corrected chi connectivity index (χ3v) is 24.2. The molecule has 2 fully saturated rings. The summed E-state index contributed by atoms with van der Waals surface area (Å²) in [7, 11) is 12.6. The molecule has 4 amide bonds. The molecule has 0 bridgehead atoms. The van der Waals surface area contributed by atoms with Gasteiger partial charge in [0.25, 0.3) is 11.8 Å². The Morgan fingerprint density at radius 1 is 0.469 bits per heavy atom. The second kappa shape index (κ2) is 56.6. The number of aliphatic hydroxyl groups excluding tert-OH is 2. The molecule has 145 heavy (non-hydrogen) atoms. The lowest BCUT2D eigenvalue weighted by molar-refractivity contribution is 0.0532. The number of anilines is 4. The molecule has 2 aliphatic carbocycles. The fourth-order valence-corrected chi connectivity index (χ4v) is 16.2.